The highest BCUT2D eigenvalue weighted by molar-refractivity contribution is 5.94. The van der Waals surface area contributed by atoms with Crippen molar-refractivity contribution in [3.63, 3.8) is 0 Å². The number of benzene rings is 3. The van der Waals surface area contributed by atoms with Crippen LogP contribution in [-0.4, -0.2) is 35.9 Å². The minimum Gasteiger partial charge on any atom is -0.481 e. The topological polar surface area (TPSA) is 58.6 Å². The van der Waals surface area contributed by atoms with E-state index in [4.69, 9.17) is 4.74 Å². The van der Waals surface area contributed by atoms with Crippen LogP contribution in [0.4, 0.5) is 0 Å². The molecule has 1 saturated carbocycles. The van der Waals surface area contributed by atoms with Gasteiger partial charge in [-0.05, 0) is 60.7 Å². The molecule has 0 spiro atoms. The summed E-state index contributed by atoms with van der Waals surface area (Å²) in [6.07, 6.45) is 1.45. The van der Waals surface area contributed by atoms with E-state index in [9.17, 15) is 9.59 Å². The average Bonchev–Trinajstić information content (AvgIpc) is 3.68. The van der Waals surface area contributed by atoms with Crippen LogP contribution >= 0.6 is 0 Å². The highest BCUT2D eigenvalue weighted by Gasteiger charge is 2.35. The second-order valence-electron chi connectivity index (χ2n) is 8.12. The molecule has 0 radical (unpaired) electrons. The zero-order valence-electron chi connectivity index (χ0n) is 18.5. The Balaban J connectivity index is 1.40. The summed E-state index contributed by atoms with van der Waals surface area (Å²) in [6, 6.07) is 25.6. The summed E-state index contributed by atoms with van der Waals surface area (Å²) in [5, 5.41) is 2.62. The Bertz CT molecular complexity index is 1060. The first-order valence-corrected chi connectivity index (χ1v) is 11.0. The van der Waals surface area contributed by atoms with E-state index in [0.717, 1.165) is 29.5 Å². The average molecular weight is 429 g/mol. The van der Waals surface area contributed by atoms with Gasteiger partial charge in [0.2, 0.25) is 0 Å². The van der Waals surface area contributed by atoms with Gasteiger partial charge in [0.15, 0.2) is 6.10 Å². The van der Waals surface area contributed by atoms with Gasteiger partial charge in [-0.1, -0.05) is 54.6 Å². The summed E-state index contributed by atoms with van der Waals surface area (Å²) in [7, 11) is 1.61. The lowest BCUT2D eigenvalue weighted by Gasteiger charge is -2.26. The van der Waals surface area contributed by atoms with Crippen LogP contribution in [-0.2, 0) is 11.3 Å². The van der Waals surface area contributed by atoms with Crippen LogP contribution in [0.1, 0.15) is 35.7 Å². The Morgan fingerprint density at radius 2 is 1.56 bits per heavy atom. The van der Waals surface area contributed by atoms with Gasteiger partial charge in [-0.15, -0.1) is 0 Å². The molecule has 2 amide bonds. The number of carbonyl (C=O) groups is 2. The van der Waals surface area contributed by atoms with Crippen molar-refractivity contribution in [3.8, 4) is 16.9 Å². The van der Waals surface area contributed by atoms with Gasteiger partial charge in [-0.3, -0.25) is 9.59 Å². The molecule has 5 nitrogen and oxygen atoms in total. The van der Waals surface area contributed by atoms with Crippen molar-refractivity contribution in [2.45, 2.75) is 38.5 Å². The van der Waals surface area contributed by atoms with Gasteiger partial charge in [0.1, 0.15) is 5.75 Å². The van der Waals surface area contributed by atoms with Crippen LogP contribution in [0, 0.1) is 0 Å². The molecule has 0 aromatic heterocycles. The number of carbonyl (C=O) groups excluding carboxylic acids is 2. The molecular formula is C27H28N2O3. The van der Waals surface area contributed by atoms with E-state index < -0.39 is 6.10 Å². The minimum absolute atomic E-state index is 0.0185. The third kappa shape index (κ3) is 5.17. The molecule has 5 heteroatoms. The summed E-state index contributed by atoms with van der Waals surface area (Å²) < 4.78 is 5.98. The summed E-state index contributed by atoms with van der Waals surface area (Å²) >= 11 is 0. The molecule has 0 aliphatic heterocycles. The maximum atomic E-state index is 13.2. The fourth-order valence-electron chi connectivity index (χ4n) is 3.72. The van der Waals surface area contributed by atoms with Gasteiger partial charge in [0.25, 0.3) is 11.8 Å². The first-order valence-electron chi connectivity index (χ1n) is 11.0. The number of nitrogens with one attached hydrogen (secondary N) is 1. The molecule has 1 fully saturated rings. The van der Waals surface area contributed by atoms with Gasteiger partial charge in [0, 0.05) is 25.2 Å². The first-order chi connectivity index (χ1) is 15.5. The molecule has 0 saturated heterocycles. The Morgan fingerprint density at radius 3 is 2.16 bits per heavy atom. The molecule has 1 aliphatic carbocycles. The molecule has 1 unspecified atom stereocenters. The molecule has 1 aliphatic rings. The maximum Gasteiger partial charge on any atom is 0.263 e. The third-order valence-corrected chi connectivity index (χ3v) is 5.69. The van der Waals surface area contributed by atoms with Crippen molar-refractivity contribution in [2.24, 2.45) is 0 Å². The second kappa shape index (κ2) is 9.69. The second-order valence-corrected chi connectivity index (χ2v) is 8.12. The largest absolute Gasteiger partial charge is 0.481 e. The predicted molar refractivity (Wildman–Crippen MR) is 125 cm³/mol. The standard InChI is InChI=1S/C27H28N2O3/c1-19(32-25-16-12-22(13-17-25)21-6-4-3-5-7-21)27(31)29(24-14-15-24)18-20-8-10-23(11-9-20)26(30)28-2/h3-13,16-17,19,24H,14-15,18H2,1-2H3,(H,28,30). The van der Waals surface area contributed by atoms with Crippen molar-refractivity contribution >= 4 is 11.8 Å². The number of amides is 2. The smallest absolute Gasteiger partial charge is 0.263 e. The van der Waals surface area contributed by atoms with E-state index in [1.807, 2.05) is 59.5 Å². The van der Waals surface area contributed by atoms with Gasteiger partial charge in [0.05, 0.1) is 0 Å². The van der Waals surface area contributed by atoms with E-state index in [-0.39, 0.29) is 17.9 Å². The predicted octanol–water partition coefficient (Wildman–Crippen LogP) is 4.67. The monoisotopic (exact) mass is 428 g/mol. The van der Waals surface area contributed by atoms with E-state index in [1.54, 1.807) is 26.1 Å². The molecular weight excluding hydrogens is 400 g/mol. The van der Waals surface area contributed by atoms with Gasteiger partial charge >= 0.3 is 0 Å². The number of hydrogen-bond acceptors (Lipinski definition) is 3. The molecule has 3 aromatic carbocycles. The summed E-state index contributed by atoms with van der Waals surface area (Å²) in [4.78, 5) is 26.8. The molecule has 164 valence electrons. The SMILES string of the molecule is CNC(=O)c1ccc(CN(C(=O)C(C)Oc2ccc(-c3ccccc3)cc2)C2CC2)cc1. The van der Waals surface area contributed by atoms with E-state index in [1.165, 1.54) is 0 Å². The molecule has 0 heterocycles. The Labute approximate surface area is 189 Å². The van der Waals surface area contributed by atoms with Gasteiger partial charge < -0.3 is 15.0 Å². The van der Waals surface area contributed by atoms with Crippen LogP contribution in [0.2, 0.25) is 0 Å². The fraction of sp³-hybridized carbons (Fsp3) is 0.259. The van der Waals surface area contributed by atoms with E-state index in [0.29, 0.717) is 17.9 Å². The quantitative estimate of drug-likeness (QED) is 0.567. The number of ether oxygens (including phenoxy) is 1. The number of hydrogen-bond donors (Lipinski definition) is 1. The lowest BCUT2D eigenvalue weighted by Crippen LogP contribution is -2.41. The Hall–Kier alpha value is -3.60. The summed E-state index contributed by atoms with van der Waals surface area (Å²) in [5.74, 6) is 0.540. The summed E-state index contributed by atoms with van der Waals surface area (Å²) in [5.41, 5.74) is 3.86. The van der Waals surface area contributed by atoms with Crippen molar-refractivity contribution < 1.29 is 14.3 Å². The van der Waals surface area contributed by atoms with Crippen LogP contribution in [0.5, 0.6) is 5.75 Å². The van der Waals surface area contributed by atoms with Crippen LogP contribution < -0.4 is 10.1 Å². The Morgan fingerprint density at radius 1 is 0.938 bits per heavy atom. The van der Waals surface area contributed by atoms with Crippen LogP contribution in [0.3, 0.4) is 0 Å². The minimum atomic E-state index is -0.580. The first kappa shape index (κ1) is 21.6. The fourth-order valence-corrected chi connectivity index (χ4v) is 3.72. The van der Waals surface area contributed by atoms with Gasteiger partial charge in [-0.2, -0.15) is 0 Å². The van der Waals surface area contributed by atoms with Crippen LogP contribution in [0.15, 0.2) is 78.9 Å². The van der Waals surface area contributed by atoms with Gasteiger partial charge in [-0.25, -0.2) is 0 Å². The summed E-state index contributed by atoms with van der Waals surface area (Å²) in [6.45, 7) is 2.32. The van der Waals surface area contributed by atoms with Crippen molar-refractivity contribution in [1.82, 2.24) is 10.2 Å². The van der Waals surface area contributed by atoms with Crippen molar-refractivity contribution in [1.29, 1.82) is 0 Å². The zero-order chi connectivity index (χ0) is 22.5. The highest BCUT2D eigenvalue weighted by atomic mass is 16.5. The molecule has 0 bridgehead atoms. The lowest BCUT2D eigenvalue weighted by molar-refractivity contribution is -0.139. The van der Waals surface area contributed by atoms with Crippen LogP contribution in [0.25, 0.3) is 11.1 Å². The third-order valence-electron chi connectivity index (χ3n) is 5.69. The van der Waals surface area contributed by atoms with Crippen molar-refractivity contribution in [2.75, 3.05) is 7.05 Å². The molecule has 4 rings (SSSR count). The number of nitrogens with zero attached hydrogens (tertiary/aromatic N) is 1. The van der Waals surface area contributed by atoms with E-state index >= 15 is 0 Å². The van der Waals surface area contributed by atoms with E-state index in [2.05, 4.69) is 17.4 Å². The molecule has 32 heavy (non-hydrogen) atoms. The molecule has 3 aromatic rings. The Kier molecular flexibility index (Phi) is 6.55. The van der Waals surface area contributed by atoms with Crippen molar-refractivity contribution in [3.05, 3.63) is 90.0 Å². The molecule has 1 atom stereocenters. The zero-order valence-corrected chi connectivity index (χ0v) is 18.5. The normalized spacial score (nSPS) is 13.8. The highest BCUT2D eigenvalue weighted by Crippen LogP contribution is 2.30. The molecule has 1 N–H and O–H groups in total. The maximum absolute atomic E-state index is 13.2. The number of rotatable bonds is 8. The lowest BCUT2D eigenvalue weighted by atomic mass is 10.1.